The Morgan fingerprint density at radius 1 is 1.00 bits per heavy atom. The molecule has 1 aliphatic rings. The highest BCUT2D eigenvalue weighted by Gasteiger charge is 2.24. The van der Waals surface area contributed by atoms with E-state index in [1.54, 1.807) is 5.48 Å². The molecule has 5 rings (SSSR count). The van der Waals surface area contributed by atoms with Crippen LogP contribution >= 0.6 is 0 Å². The van der Waals surface area contributed by atoms with E-state index >= 15 is 0 Å². The maximum atomic E-state index is 13.4. The highest BCUT2D eigenvalue weighted by atomic mass is 16.5. The van der Waals surface area contributed by atoms with Gasteiger partial charge in [0, 0.05) is 37.6 Å². The molecule has 2 N–H and O–H groups in total. The number of carbonyl (C=O) groups is 1. The van der Waals surface area contributed by atoms with Crippen LogP contribution < -0.4 is 15.9 Å². The lowest BCUT2D eigenvalue weighted by Crippen LogP contribution is -2.37. The molecule has 1 fully saturated rings. The van der Waals surface area contributed by atoms with Gasteiger partial charge in [-0.3, -0.25) is 19.4 Å². The van der Waals surface area contributed by atoms with E-state index in [0.29, 0.717) is 35.1 Å². The third-order valence-corrected chi connectivity index (χ3v) is 6.23. The molecule has 1 amide bonds. The van der Waals surface area contributed by atoms with Gasteiger partial charge in [0.1, 0.15) is 5.82 Å². The van der Waals surface area contributed by atoms with Crippen LogP contribution in [0.1, 0.15) is 23.2 Å². The van der Waals surface area contributed by atoms with Crippen LogP contribution in [0.4, 0.5) is 5.95 Å². The van der Waals surface area contributed by atoms with Crippen molar-refractivity contribution in [3.63, 3.8) is 0 Å². The van der Waals surface area contributed by atoms with Gasteiger partial charge in [-0.2, -0.15) is 0 Å². The Balaban J connectivity index is 1.37. The minimum atomic E-state index is -0.645. The van der Waals surface area contributed by atoms with E-state index in [4.69, 9.17) is 10.2 Å². The summed E-state index contributed by atoms with van der Waals surface area (Å²) >= 11 is 0. The van der Waals surface area contributed by atoms with Crippen molar-refractivity contribution in [3.8, 4) is 11.4 Å². The Morgan fingerprint density at radius 3 is 2.38 bits per heavy atom. The van der Waals surface area contributed by atoms with Gasteiger partial charge in [-0.05, 0) is 30.9 Å². The number of fused-ring (bicyclic) bond motifs is 1. The third-order valence-electron chi connectivity index (χ3n) is 6.23. The van der Waals surface area contributed by atoms with Gasteiger partial charge in [0.2, 0.25) is 5.95 Å². The molecule has 0 bridgehead atoms. The number of anilines is 1. The average molecular weight is 457 g/mol. The Morgan fingerprint density at radius 2 is 1.68 bits per heavy atom. The van der Waals surface area contributed by atoms with E-state index in [1.165, 1.54) is 12.4 Å². The molecule has 1 aliphatic heterocycles. The fourth-order valence-electron chi connectivity index (χ4n) is 4.39. The summed E-state index contributed by atoms with van der Waals surface area (Å²) in [5, 5.41) is 9.36. The fraction of sp³-hybridized carbons (Fsp3) is 0.240. The summed E-state index contributed by atoms with van der Waals surface area (Å²) in [6.07, 6.45) is 4.53. The van der Waals surface area contributed by atoms with Gasteiger partial charge in [-0.25, -0.2) is 20.4 Å². The minimum Gasteiger partial charge on any atom is -0.341 e. The molecular formula is C25H24N6O3. The molecule has 0 unspecified atom stereocenters. The van der Waals surface area contributed by atoms with Crippen LogP contribution in [0.25, 0.3) is 22.3 Å². The van der Waals surface area contributed by atoms with Gasteiger partial charge in [0.05, 0.1) is 16.5 Å². The van der Waals surface area contributed by atoms with Crippen molar-refractivity contribution in [2.24, 2.45) is 5.92 Å². The monoisotopic (exact) mass is 456 g/mol. The van der Waals surface area contributed by atoms with Gasteiger partial charge >= 0.3 is 0 Å². The van der Waals surface area contributed by atoms with Crippen molar-refractivity contribution >= 4 is 22.8 Å². The molecule has 0 atom stereocenters. The Labute approximate surface area is 195 Å². The van der Waals surface area contributed by atoms with E-state index < -0.39 is 5.91 Å². The fourth-order valence-corrected chi connectivity index (χ4v) is 4.39. The Kier molecular flexibility index (Phi) is 6.01. The summed E-state index contributed by atoms with van der Waals surface area (Å²) < 4.78 is 1.82. The molecule has 9 nitrogen and oxygen atoms in total. The van der Waals surface area contributed by atoms with E-state index in [9.17, 15) is 9.59 Å². The van der Waals surface area contributed by atoms with Crippen LogP contribution in [-0.2, 0) is 6.54 Å². The number of nitrogens with one attached hydrogen (secondary N) is 1. The zero-order valence-electron chi connectivity index (χ0n) is 18.5. The standard InChI is InChI=1S/C25H24N6O3/c32-23(29-34)19-14-26-25(27-15-19)30-12-10-17(11-13-30)16-31-22(18-6-2-1-3-7-18)28-21-9-5-4-8-20(21)24(31)33/h1-9,14-15,17,34H,10-13,16H2,(H,29,32). The largest absolute Gasteiger partial charge is 0.341 e. The normalized spacial score (nSPS) is 14.3. The van der Waals surface area contributed by atoms with Crippen LogP contribution in [0, 0.1) is 5.92 Å². The van der Waals surface area contributed by atoms with Crippen molar-refractivity contribution in [3.05, 3.63) is 82.9 Å². The number of hydrogen-bond donors (Lipinski definition) is 2. The smallest absolute Gasteiger partial charge is 0.277 e. The molecule has 1 saturated heterocycles. The van der Waals surface area contributed by atoms with Crippen molar-refractivity contribution < 1.29 is 10.0 Å². The number of hydroxylamine groups is 1. The number of aromatic nitrogens is 4. The first-order valence-corrected chi connectivity index (χ1v) is 11.2. The van der Waals surface area contributed by atoms with Gasteiger partial charge in [-0.15, -0.1) is 0 Å². The van der Waals surface area contributed by atoms with Gasteiger partial charge in [0.25, 0.3) is 11.5 Å². The summed E-state index contributed by atoms with van der Waals surface area (Å²) in [4.78, 5) is 40.3. The molecule has 3 heterocycles. The van der Waals surface area contributed by atoms with Crippen molar-refractivity contribution in [1.29, 1.82) is 0 Å². The van der Waals surface area contributed by atoms with E-state index in [0.717, 1.165) is 31.5 Å². The molecule has 34 heavy (non-hydrogen) atoms. The second kappa shape index (κ2) is 9.40. The number of benzene rings is 2. The third kappa shape index (κ3) is 4.25. The molecule has 0 radical (unpaired) electrons. The molecule has 4 aromatic rings. The van der Waals surface area contributed by atoms with E-state index in [-0.39, 0.29) is 11.1 Å². The molecular weight excluding hydrogens is 432 g/mol. The van der Waals surface area contributed by atoms with Gasteiger partial charge in [-0.1, -0.05) is 42.5 Å². The van der Waals surface area contributed by atoms with Crippen LogP contribution in [0.15, 0.2) is 71.8 Å². The first-order chi connectivity index (χ1) is 16.6. The van der Waals surface area contributed by atoms with E-state index in [2.05, 4.69) is 14.9 Å². The lowest BCUT2D eigenvalue weighted by Gasteiger charge is -2.32. The van der Waals surface area contributed by atoms with Gasteiger partial charge < -0.3 is 4.90 Å². The maximum absolute atomic E-state index is 13.4. The van der Waals surface area contributed by atoms with Crippen molar-refractivity contribution in [1.82, 2.24) is 25.0 Å². The molecule has 0 spiro atoms. The highest BCUT2D eigenvalue weighted by molar-refractivity contribution is 5.92. The molecule has 2 aromatic heterocycles. The number of hydrogen-bond acceptors (Lipinski definition) is 7. The van der Waals surface area contributed by atoms with E-state index in [1.807, 2.05) is 59.2 Å². The number of nitrogens with zero attached hydrogens (tertiary/aromatic N) is 5. The summed E-state index contributed by atoms with van der Waals surface area (Å²) in [6, 6.07) is 17.3. The number of carbonyl (C=O) groups excluding carboxylic acids is 1. The molecule has 0 aliphatic carbocycles. The first-order valence-electron chi connectivity index (χ1n) is 11.2. The summed E-state index contributed by atoms with van der Waals surface area (Å²) in [5.74, 6) is 0.892. The second-order valence-corrected chi connectivity index (χ2v) is 8.38. The Bertz CT molecular complexity index is 1360. The maximum Gasteiger partial charge on any atom is 0.277 e. The zero-order chi connectivity index (χ0) is 23.5. The van der Waals surface area contributed by atoms with Crippen LogP contribution in [0.5, 0.6) is 0 Å². The van der Waals surface area contributed by atoms with Crippen molar-refractivity contribution in [2.45, 2.75) is 19.4 Å². The van der Waals surface area contributed by atoms with Crippen LogP contribution in [-0.4, -0.2) is 43.7 Å². The van der Waals surface area contributed by atoms with Crippen LogP contribution in [0.2, 0.25) is 0 Å². The quantitative estimate of drug-likeness (QED) is 0.351. The predicted molar refractivity (Wildman–Crippen MR) is 128 cm³/mol. The molecule has 9 heteroatoms. The summed E-state index contributed by atoms with van der Waals surface area (Å²) in [6.45, 7) is 2.07. The van der Waals surface area contributed by atoms with Crippen LogP contribution in [0.3, 0.4) is 0 Å². The minimum absolute atomic E-state index is 0.0204. The Hall–Kier alpha value is -4.11. The molecule has 0 saturated carbocycles. The summed E-state index contributed by atoms with van der Waals surface area (Å²) in [5.41, 5.74) is 3.37. The topological polar surface area (TPSA) is 113 Å². The number of piperidine rings is 1. The lowest BCUT2D eigenvalue weighted by atomic mass is 9.96. The average Bonchev–Trinajstić information content (AvgIpc) is 2.91. The molecule has 172 valence electrons. The first kappa shape index (κ1) is 21.7. The SMILES string of the molecule is O=C(NO)c1cnc(N2CCC(Cn3c(-c4ccccc4)nc4ccccc4c3=O)CC2)nc1. The second-order valence-electron chi connectivity index (χ2n) is 8.38. The number of para-hydroxylation sites is 1. The van der Waals surface area contributed by atoms with Gasteiger partial charge in [0.15, 0.2) is 0 Å². The number of rotatable bonds is 5. The molecule has 2 aromatic carbocycles. The van der Waals surface area contributed by atoms with Crippen molar-refractivity contribution in [2.75, 3.05) is 18.0 Å². The zero-order valence-corrected chi connectivity index (χ0v) is 18.5. The predicted octanol–water partition coefficient (Wildman–Crippen LogP) is 2.89. The summed E-state index contributed by atoms with van der Waals surface area (Å²) in [7, 11) is 0. The number of amides is 1. The lowest BCUT2D eigenvalue weighted by molar-refractivity contribution is 0.0705. The highest BCUT2D eigenvalue weighted by Crippen LogP contribution is 2.25.